The van der Waals surface area contributed by atoms with E-state index >= 15 is 0 Å². The van der Waals surface area contributed by atoms with Crippen LogP contribution in [0.1, 0.15) is 5.82 Å². The molecule has 0 unspecified atom stereocenters. The Balaban J connectivity index is 1.45. The van der Waals surface area contributed by atoms with E-state index in [9.17, 15) is 0 Å². The Labute approximate surface area is 164 Å². The van der Waals surface area contributed by atoms with Crippen molar-refractivity contribution in [3.8, 4) is 23.0 Å². The largest absolute Gasteiger partial charge is 0.493 e. The number of pyridine rings is 1. The maximum atomic E-state index is 5.82. The van der Waals surface area contributed by atoms with Crippen LogP contribution in [0.2, 0.25) is 5.02 Å². The molecule has 1 N–H and O–H groups in total. The van der Waals surface area contributed by atoms with Crippen LogP contribution in [0.5, 0.6) is 11.5 Å². The molecule has 0 spiro atoms. The van der Waals surface area contributed by atoms with Gasteiger partial charge in [0.1, 0.15) is 12.4 Å². The minimum Gasteiger partial charge on any atom is -0.493 e. The third-order valence-corrected chi connectivity index (χ3v) is 4.81. The normalized spacial score (nSPS) is 12.5. The van der Waals surface area contributed by atoms with Gasteiger partial charge in [-0.1, -0.05) is 11.6 Å². The zero-order chi connectivity index (χ0) is 18.6. The van der Waals surface area contributed by atoms with Crippen LogP contribution in [0.4, 0.5) is 5.95 Å². The topological polar surface area (TPSA) is 99.9 Å². The van der Waals surface area contributed by atoms with Crippen LogP contribution in [-0.4, -0.2) is 49.2 Å². The van der Waals surface area contributed by atoms with Gasteiger partial charge in [-0.15, -0.1) is 10.2 Å². The molecule has 1 aliphatic rings. The lowest BCUT2D eigenvalue weighted by Crippen LogP contribution is -2.09. The molecule has 11 heteroatoms. The lowest BCUT2D eigenvalue weighted by atomic mass is 10.3. The predicted molar refractivity (Wildman–Crippen MR) is 102 cm³/mol. The molecule has 9 nitrogen and oxygen atoms in total. The number of hydrogen-bond acceptors (Lipinski definition) is 9. The second-order valence-electron chi connectivity index (χ2n) is 5.56. The molecule has 4 heterocycles. The molecule has 0 amide bonds. The molecule has 0 fully saturated rings. The molecule has 0 saturated heterocycles. The molecule has 1 aliphatic heterocycles. The maximum Gasteiger partial charge on any atom is 0.235 e. The van der Waals surface area contributed by atoms with E-state index in [0.717, 1.165) is 11.6 Å². The number of halogens is 1. The van der Waals surface area contributed by atoms with Gasteiger partial charge in [-0.2, -0.15) is 0 Å². The highest BCUT2D eigenvalue weighted by Gasteiger charge is 2.24. The van der Waals surface area contributed by atoms with Crippen molar-refractivity contribution in [2.75, 3.05) is 24.2 Å². The number of methoxy groups -OCH3 is 1. The summed E-state index contributed by atoms with van der Waals surface area (Å²) in [6.07, 6.45) is 5.57. The van der Waals surface area contributed by atoms with E-state index in [4.69, 9.17) is 21.1 Å². The summed E-state index contributed by atoms with van der Waals surface area (Å²) in [6, 6.07) is 1.76. The van der Waals surface area contributed by atoms with Gasteiger partial charge in [0.2, 0.25) is 5.95 Å². The number of aromatic nitrogens is 6. The summed E-state index contributed by atoms with van der Waals surface area (Å²) in [5.41, 5.74) is 0.618. The van der Waals surface area contributed by atoms with Gasteiger partial charge in [0, 0.05) is 36.8 Å². The van der Waals surface area contributed by atoms with Crippen LogP contribution in [-0.2, 0) is 13.0 Å². The summed E-state index contributed by atoms with van der Waals surface area (Å²) in [6.45, 7) is 1.07. The first-order valence-electron chi connectivity index (χ1n) is 8.20. The van der Waals surface area contributed by atoms with Gasteiger partial charge in [-0.25, -0.2) is 15.0 Å². The first kappa shape index (κ1) is 17.8. The molecule has 0 atom stereocenters. The molecular formula is C16H16ClN7O2S. The summed E-state index contributed by atoms with van der Waals surface area (Å²) in [4.78, 5) is 12.8. The van der Waals surface area contributed by atoms with Crippen LogP contribution >= 0.6 is 23.5 Å². The lowest BCUT2D eigenvalue weighted by Gasteiger charge is -2.09. The van der Waals surface area contributed by atoms with Crippen LogP contribution in [0.25, 0.3) is 11.5 Å². The second-order valence-corrected chi connectivity index (χ2v) is 6.89. The summed E-state index contributed by atoms with van der Waals surface area (Å²) in [5.74, 6) is 4.02. The zero-order valence-electron chi connectivity index (χ0n) is 14.4. The summed E-state index contributed by atoms with van der Waals surface area (Å²) in [7, 11) is 1.60. The molecular weight excluding hydrogens is 390 g/mol. The Bertz CT molecular complexity index is 935. The van der Waals surface area contributed by atoms with Crippen LogP contribution in [0.15, 0.2) is 24.7 Å². The molecule has 3 aromatic rings. The molecule has 0 saturated carbocycles. The van der Waals surface area contributed by atoms with Crippen molar-refractivity contribution < 1.29 is 9.47 Å². The van der Waals surface area contributed by atoms with Gasteiger partial charge in [0.25, 0.3) is 0 Å². The second kappa shape index (κ2) is 7.97. The highest BCUT2D eigenvalue weighted by Crippen LogP contribution is 2.37. The number of nitrogens with zero attached hydrogens (tertiary/aromatic N) is 6. The van der Waals surface area contributed by atoms with E-state index in [0.29, 0.717) is 53.6 Å². The van der Waals surface area contributed by atoms with Crippen molar-refractivity contribution in [1.29, 1.82) is 0 Å². The number of nitrogens with one attached hydrogen (secondary N) is 1. The van der Waals surface area contributed by atoms with Crippen molar-refractivity contribution in [2.24, 2.45) is 0 Å². The lowest BCUT2D eigenvalue weighted by molar-refractivity contribution is 0.287. The molecule has 3 aromatic heterocycles. The Morgan fingerprint density at radius 2 is 2.15 bits per heavy atom. The predicted octanol–water partition coefficient (Wildman–Crippen LogP) is 2.49. The van der Waals surface area contributed by atoms with Crippen molar-refractivity contribution in [3.05, 3.63) is 35.5 Å². The van der Waals surface area contributed by atoms with E-state index < -0.39 is 0 Å². The standard InChI is InChI=1S/C16H16ClN7O2S/c1-25-11-2-4-18-13-14(11)26-6-5-24-15(13)21-22-16(24)23-27-7-3-12-19-8-10(17)9-20-12/h2,4,8-9H,3,5-7H2,1H3,(H,22,23). The fourth-order valence-electron chi connectivity index (χ4n) is 2.62. The molecule has 4 rings (SSSR count). The number of hydrogen-bond donors (Lipinski definition) is 1. The molecule has 0 aliphatic carbocycles. The number of ether oxygens (including phenoxy) is 2. The Morgan fingerprint density at radius 1 is 1.30 bits per heavy atom. The van der Waals surface area contributed by atoms with Crippen molar-refractivity contribution in [1.82, 2.24) is 29.7 Å². The van der Waals surface area contributed by atoms with Crippen LogP contribution < -0.4 is 14.2 Å². The number of aryl methyl sites for hydroxylation is 1. The smallest absolute Gasteiger partial charge is 0.235 e. The first-order chi connectivity index (χ1) is 13.3. The van der Waals surface area contributed by atoms with Crippen molar-refractivity contribution >= 4 is 29.5 Å². The maximum absolute atomic E-state index is 5.82. The molecule has 140 valence electrons. The van der Waals surface area contributed by atoms with Gasteiger partial charge in [-0.05, 0) is 11.9 Å². The zero-order valence-corrected chi connectivity index (χ0v) is 16.0. The van der Waals surface area contributed by atoms with E-state index in [1.165, 1.54) is 11.9 Å². The van der Waals surface area contributed by atoms with Crippen molar-refractivity contribution in [2.45, 2.75) is 13.0 Å². The summed E-state index contributed by atoms with van der Waals surface area (Å²) >= 11 is 7.30. The summed E-state index contributed by atoms with van der Waals surface area (Å²) < 4.78 is 16.4. The van der Waals surface area contributed by atoms with Crippen LogP contribution in [0.3, 0.4) is 0 Å². The molecule has 0 radical (unpaired) electrons. The van der Waals surface area contributed by atoms with Gasteiger partial charge in [0.15, 0.2) is 23.0 Å². The summed E-state index contributed by atoms with van der Waals surface area (Å²) in [5, 5.41) is 9.06. The molecule has 0 bridgehead atoms. The molecule has 27 heavy (non-hydrogen) atoms. The number of rotatable bonds is 6. The number of anilines is 1. The number of fused-ring (bicyclic) bond motifs is 3. The Hall–Kier alpha value is -2.59. The first-order valence-corrected chi connectivity index (χ1v) is 9.56. The van der Waals surface area contributed by atoms with E-state index in [1.807, 2.05) is 4.57 Å². The van der Waals surface area contributed by atoms with Gasteiger partial charge >= 0.3 is 0 Å². The average Bonchev–Trinajstić information content (AvgIpc) is 2.99. The van der Waals surface area contributed by atoms with Gasteiger partial charge in [-0.3, -0.25) is 9.29 Å². The highest BCUT2D eigenvalue weighted by atomic mass is 35.5. The third kappa shape index (κ3) is 3.76. The fraction of sp³-hybridized carbons (Fsp3) is 0.312. The van der Waals surface area contributed by atoms with Gasteiger partial charge < -0.3 is 9.47 Å². The van der Waals surface area contributed by atoms with Gasteiger partial charge in [0.05, 0.1) is 18.7 Å². The quantitative estimate of drug-likeness (QED) is 0.489. The Morgan fingerprint density at radius 3 is 2.96 bits per heavy atom. The minimum atomic E-state index is 0.470. The Kier molecular flexibility index (Phi) is 5.26. The average molecular weight is 406 g/mol. The van der Waals surface area contributed by atoms with E-state index in [1.54, 1.807) is 31.8 Å². The van der Waals surface area contributed by atoms with Crippen LogP contribution in [0, 0.1) is 0 Å². The third-order valence-electron chi connectivity index (χ3n) is 3.88. The van der Waals surface area contributed by atoms with E-state index in [-0.39, 0.29) is 0 Å². The minimum absolute atomic E-state index is 0.470. The molecule has 0 aromatic carbocycles. The SMILES string of the molecule is COc1ccnc2c1OCCn1c(NSCCc3ncc(Cl)cn3)nnc1-2. The fourth-order valence-corrected chi connectivity index (χ4v) is 3.38. The highest BCUT2D eigenvalue weighted by molar-refractivity contribution is 8.00. The monoisotopic (exact) mass is 405 g/mol. The van der Waals surface area contributed by atoms with E-state index in [2.05, 4.69) is 29.9 Å². The van der Waals surface area contributed by atoms with Crippen molar-refractivity contribution in [3.63, 3.8) is 0 Å².